The van der Waals surface area contributed by atoms with Crippen molar-refractivity contribution in [1.29, 1.82) is 0 Å². The van der Waals surface area contributed by atoms with Crippen molar-refractivity contribution in [3.63, 3.8) is 0 Å². The molecule has 0 spiro atoms. The predicted molar refractivity (Wildman–Crippen MR) is 136 cm³/mol. The molecule has 33 heavy (non-hydrogen) atoms. The van der Waals surface area contributed by atoms with Crippen molar-refractivity contribution in [2.75, 3.05) is 26.2 Å². The molecule has 2 aromatic rings. The van der Waals surface area contributed by atoms with Crippen molar-refractivity contribution in [3.05, 3.63) is 58.3 Å². The molecule has 2 aliphatic heterocycles. The van der Waals surface area contributed by atoms with Crippen molar-refractivity contribution < 1.29 is 9.53 Å². The summed E-state index contributed by atoms with van der Waals surface area (Å²) < 4.78 is 5.57. The van der Waals surface area contributed by atoms with Gasteiger partial charge in [-0.2, -0.15) is 11.3 Å². The molecule has 180 valence electrons. The molecule has 4 rings (SSSR count). The summed E-state index contributed by atoms with van der Waals surface area (Å²) in [7, 11) is 0. The van der Waals surface area contributed by atoms with Gasteiger partial charge in [0, 0.05) is 37.8 Å². The van der Waals surface area contributed by atoms with Gasteiger partial charge < -0.3 is 15.0 Å². The zero-order chi connectivity index (χ0) is 23.5. The van der Waals surface area contributed by atoms with E-state index >= 15 is 0 Å². The van der Waals surface area contributed by atoms with Crippen LogP contribution in [0.25, 0.3) is 0 Å². The maximum atomic E-state index is 12.4. The molecule has 6 heteroatoms. The van der Waals surface area contributed by atoms with E-state index in [-0.39, 0.29) is 17.7 Å². The van der Waals surface area contributed by atoms with E-state index in [1.165, 1.54) is 11.1 Å². The minimum Gasteiger partial charge on any atom is -0.444 e. The van der Waals surface area contributed by atoms with E-state index in [1.54, 1.807) is 11.3 Å². The molecule has 2 aliphatic rings. The number of nitrogens with zero attached hydrogens (tertiary/aromatic N) is 2. The molecule has 1 unspecified atom stereocenters. The summed E-state index contributed by atoms with van der Waals surface area (Å²) in [5, 5.41) is 8.39. The van der Waals surface area contributed by atoms with Crippen molar-refractivity contribution in [2.24, 2.45) is 0 Å². The summed E-state index contributed by atoms with van der Waals surface area (Å²) in [4.78, 5) is 17.0. The summed E-state index contributed by atoms with van der Waals surface area (Å²) in [6.07, 6.45) is 4.14. The first-order chi connectivity index (χ1) is 15.7. The van der Waals surface area contributed by atoms with E-state index in [1.807, 2.05) is 25.7 Å². The van der Waals surface area contributed by atoms with Crippen molar-refractivity contribution in [2.45, 2.75) is 76.6 Å². The number of hydrogen-bond donors (Lipinski definition) is 1. The number of ether oxygens (including phenoxy) is 1. The molecule has 3 heterocycles. The monoisotopic (exact) mass is 469 g/mol. The van der Waals surface area contributed by atoms with Crippen LogP contribution in [0.4, 0.5) is 4.79 Å². The van der Waals surface area contributed by atoms with E-state index in [2.05, 4.69) is 64.3 Å². The fraction of sp³-hybridized carbons (Fsp3) is 0.593. The Bertz CT molecular complexity index is 878. The van der Waals surface area contributed by atoms with Crippen LogP contribution in [-0.2, 0) is 4.74 Å². The molecule has 2 saturated heterocycles. The van der Waals surface area contributed by atoms with Gasteiger partial charge in [0.2, 0.25) is 0 Å². The highest BCUT2D eigenvalue weighted by Gasteiger charge is 2.39. The second kappa shape index (κ2) is 10.2. The minimum atomic E-state index is -0.437. The van der Waals surface area contributed by atoms with Gasteiger partial charge in [-0.25, -0.2) is 4.79 Å². The van der Waals surface area contributed by atoms with Crippen LogP contribution in [0.3, 0.4) is 0 Å². The van der Waals surface area contributed by atoms with Crippen molar-refractivity contribution >= 4 is 17.4 Å². The number of carbonyl (C=O) groups is 1. The Balaban J connectivity index is 1.31. The lowest BCUT2D eigenvalue weighted by Crippen LogP contribution is -2.58. The first-order valence-corrected chi connectivity index (χ1v) is 13.2. The highest BCUT2D eigenvalue weighted by atomic mass is 32.1. The largest absolute Gasteiger partial charge is 0.444 e. The van der Waals surface area contributed by atoms with Gasteiger partial charge in [-0.05, 0) is 81.3 Å². The average Bonchev–Trinajstić information content (AvgIpc) is 3.32. The first kappa shape index (κ1) is 24.2. The lowest BCUT2D eigenvalue weighted by molar-refractivity contribution is -0.00877. The average molecular weight is 470 g/mol. The Morgan fingerprint density at radius 1 is 1.06 bits per heavy atom. The molecule has 1 amide bonds. The number of hydrogen-bond acceptors (Lipinski definition) is 5. The molecule has 0 bridgehead atoms. The Morgan fingerprint density at radius 2 is 1.73 bits per heavy atom. The van der Waals surface area contributed by atoms with Crippen LogP contribution >= 0.6 is 11.3 Å². The second-order valence-electron chi connectivity index (χ2n) is 10.8. The normalized spacial score (nSPS) is 21.0. The number of rotatable bonds is 5. The zero-order valence-electron chi connectivity index (χ0n) is 20.5. The Morgan fingerprint density at radius 3 is 2.30 bits per heavy atom. The van der Waals surface area contributed by atoms with Crippen LogP contribution in [0, 0.1) is 0 Å². The van der Waals surface area contributed by atoms with Crippen LogP contribution in [0.15, 0.2) is 47.2 Å². The number of likely N-dealkylation sites (tertiary alicyclic amines) is 2. The van der Waals surface area contributed by atoms with Gasteiger partial charge in [0.25, 0.3) is 0 Å². The Hall–Kier alpha value is -1.89. The topological polar surface area (TPSA) is 44.8 Å². The summed E-state index contributed by atoms with van der Waals surface area (Å²) in [5.41, 5.74) is 2.41. The van der Waals surface area contributed by atoms with E-state index in [0.717, 1.165) is 51.9 Å². The van der Waals surface area contributed by atoms with Crippen molar-refractivity contribution in [3.8, 4) is 0 Å². The van der Waals surface area contributed by atoms with Crippen LogP contribution < -0.4 is 5.32 Å². The van der Waals surface area contributed by atoms with E-state index in [9.17, 15) is 4.79 Å². The van der Waals surface area contributed by atoms with Gasteiger partial charge in [-0.1, -0.05) is 30.3 Å². The standard InChI is InChI=1S/C27H39N3O2S/c1-26(2,3)32-25(31)29-17-13-27(4,14-18-29)30-15-10-23(11-16-30)28-24(22-12-19-33-20-22)21-8-6-5-7-9-21/h5-9,12,19-20,23-24,28H,10-11,13-18H2,1-4H3. The minimum absolute atomic E-state index is 0.162. The summed E-state index contributed by atoms with van der Waals surface area (Å²) in [5.74, 6) is 0. The summed E-state index contributed by atoms with van der Waals surface area (Å²) in [6, 6.07) is 13.8. The lowest BCUT2D eigenvalue weighted by atomic mass is 9.85. The number of thiophene rings is 1. The van der Waals surface area contributed by atoms with E-state index in [0.29, 0.717) is 6.04 Å². The molecular formula is C27H39N3O2S. The number of amides is 1. The second-order valence-corrected chi connectivity index (χ2v) is 11.6. The van der Waals surface area contributed by atoms with Crippen molar-refractivity contribution in [1.82, 2.24) is 15.1 Å². The van der Waals surface area contributed by atoms with Crippen LogP contribution in [0.1, 0.15) is 70.5 Å². The lowest BCUT2D eigenvalue weighted by Gasteiger charge is -2.49. The maximum Gasteiger partial charge on any atom is 0.410 e. The molecule has 0 aliphatic carbocycles. The Kier molecular flexibility index (Phi) is 7.46. The third-order valence-electron chi connectivity index (χ3n) is 7.16. The quantitative estimate of drug-likeness (QED) is 0.612. The van der Waals surface area contributed by atoms with Crippen LogP contribution in [0.5, 0.6) is 0 Å². The fourth-order valence-electron chi connectivity index (χ4n) is 5.11. The highest BCUT2D eigenvalue weighted by molar-refractivity contribution is 7.08. The van der Waals surface area contributed by atoms with Gasteiger partial charge in [0.05, 0.1) is 6.04 Å². The Labute approximate surface area is 203 Å². The van der Waals surface area contributed by atoms with Gasteiger partial charge in [0.15, 0.2) is 0 Å². The third kappa shape index (κ3) is 6.17. The van der Waals surface area contributed by atoms with E-state index in [4.69, 9.17) is 4.74 Å². The fourth-order valence-corrected chi connectivity index (χ4v) is 5.79. The first-order valence-electron chi connectivity index (χ1n) is 12.3. The summed E-state index contributed by atoms with van der Waals surface area (Å²) in [6.45, 7) is 11.9. The molecule has 2 fully saturated rings. The van der Waals surface area contributed by atoms with Gasteiger partial charge >= 0.3 is 6.09 Å². The molecule has 1 N–H and O–H groups in total. The molecule has 5 nitrogen and oxygen atoms in total. The molecule has 0 saturated carbocycles. The smallest absolute Gasteiger partial charge is 0.410 e. The van der Waals surface area contributed by atoms with Crippen LogP contribution in [-0.4, -0.2) is 59.3 Å². The van der Waals surface area contributed by atoms with Crippen LogP contribution in [0.2, 0.25) is 0 Å². The molecule has 1 aromatic heterocycles. The number of nitrogens with one attached hydrogen (secondary N) is 1. The van der Waals surface area contributed by atoms with E-state index < -0.39 is 5.60 Å². The third-order valence-corrected chi connectivity index (χ3v) is 7.86. The molecule has 0 radical (unpaired) electrons. The molecular weight excluding hydrogens is 430 g/mol. The summed E-state index contributed by atoms with van der Waals surface area (Å²) >= 11 is 1.76. The zero-order valence-corrected chi connectivity index (χ0v) is 21.4. The SMILES string of the molecule is CC(C)(C)OC(=O)N1CCC(C)(N2CCC(NC(c3ccccc3)c3ccsc3)CC2)CC1. The molecule has 1 atom stereocenters. The number of carbonyl (C=O) groups excluding carboxylic acids is 1. The van der Waals surface area contributed by atoms with Gasteiger partial charge in [0.1, 0.15) is 5.60 Å². The predicted octanol–water partition coefficient (Wildman–Crippen LogP) is 5.68. The molecule has 1 aromatic carbocycles. The maximum absolute atomic E-state index is 12.4. The number of piperidine rings is 2. The highest BCUT2D eigenvalue weighted by Crippen LogP contribution is 2.33. The van der Waals surface area contributed by atoms with Gasteiger partial charge in [-0.3, -0.25) is 4.90 Å². The number of benzene rings is 1. The van der Waals surface area contributed by atoms with Gasteiger partial charge in [-0.15, -0.1) is 0 Å².